The van der Waals surface area contributed by atoms with Crippen LogP contribution in [0.3, 0.4) is 0 Å². The summed E-state index contributed by atoms with van der Waals surface area (Å²) in [6, 6.07) is 15.0. The number of phenols is 1. The lowest BCUT2D eigenvalue weighted by atomic mass is 10.1. The van der Waals surface area contributed by atoms with Crippen molar-refractivity contribution >= 4 is 63.3 Å². The highest BCUT2D eigenvalue weighted by molar-refractivity contribution is 7.86. The van der Waals surface area contributed by atoms with Gasteiger partial charge in [0.2, 0.25) is 0 Å². The maximum Gasteiger partial charge on any atom is 0.513 e. The summed E-state index contributed by atoms with van der Waals surface area (Å²) in [5.41, 5.74) is 9.02. The number of ether oxygens (including phenoxy) is 2. The first-order valence-electron chi connectivity index (χ1n) is 12.7. The van der Waals surface area contributed by atoms with Gasteiger partial charge in [-0.1, -0.05) is 12.1 Å². The van der Waals surface area contributed by atoms with Crippen LogP contribution < -0.4 is 37.6 Å². The Kier molecular flexibility index (Phi) is 11.8. The number of nitrogens with one attached hydrogen (secondary N) is 1. The van der Waals surface area contributed by atoms with Crippen LogP contribution in [0.15, 0.2) is 86.0 Å². The van der Waals surface area contributed by atoms with E-state index in [2.05, 4.69) is 34.8 Å². The molecular weight excluding hydrogens is 631 g/mol. The number of rotatable bonds is 13. The molecule has 4 aromatic rings. The van der Waals surface area contributed by atoms with Gasteiger partial charge >= 0.3 is 18.4 Å². The van der Waals surface area contributed by atoms with E-state index in [9.17, 15) is 23.0 Å². The number of hydrogen-bond donors (Lipinski definition) is 5. The summed E-state index contributed by atoms with van der Waals surface area (Å²) in [6.45, 7) is 3.93. The minimum absolute atomic E-state index is 0. The second-order valence-corrected chi connectivity index (χ2v) is 10.8. The SMILES string of the molecule is CCOc1cc(N=Nc2c(S(=O)(=O)ON)cc3ccc(N)cc3c2O)c(OCC)cc1N=Nc1cccc(NO[P+](=O)[O-])c1.N. The fraction of sp³-hybridized carbons (Fsp3) is 0.154. The van der Waals surface area contributed by atoms with Crippen LogP contribution in [-0.4, -0.2) is 26.7 Å². The molecule has 45 heavy (non-hydrogen) atoms. The predicted molar refractivity (Wildman–Crippen MR) is 163 cm³/mol. The third-order valence-electron chi connectivity index (χ3n) is 5.73. The van der Waals surface area contributed by atoms with Gasteiger partial charge in [-0.2, -0.15) is 23.7 Å². The molecule has 0 bridgehead atoms. The maximum atomic E-state index is 12.6. The smallest absolute Gasteiger partial charge is 0.513 e. The maximum absolute atomic E-state index is 12.6. The van der Waals surface area contributed by atoms with Crippen LogP contribution in [0.25, 0.3) is 10.8 Å². The number of aromatic hydroxyl groups is 1. The second kappa shape index (κ2) is 15.3. The predicted octanol–water partition coefficient (Wildman–Crippen LogP) is 5.86. The minimum atomic E-state index is -4.54. The van der Waals surface area contributed by atoms with Gasteiger partial charge in [-0.3, -0.25) is 0 Å². The highest BCUT2D eigenvalue weighted by Crippen LogP contribution is 2.45. The van der Waals surface area contributed by atoms with Gasteiger partial charge in [0, 0.05) is 23.2 Å². The van der Waals surface area contributed by atoms with Crippen molar-refractivity contribution in [1.82, 2.24) is 6.15 Å². The summed E-state index contributed by atoms with van der Waals surface area (Å²) in [5.74, 6) is 4.91. The number of nitrogen functional groups attached to an aromatic ring is 1. The van der Waals surface area contributed by atoms with Gasteiger partial charge in [0.05, 0.1) is 24.6 Å². The summed E-state index contributed by atoms with van der Waals surface area (Å²) in [7, 11) is -7.65. The fourth-order valence-corrected chi connectivity index (χ4v) is 4.80. The van der Waals surface area contributed by atoms with Gasteiger partial charge in [-0.15, -0.1) is 15.3 Å². The minimum Gasteiger partial charge on any atom is -0.565 e. The lowest BCUT2D eigenvalue weighted by Crippen LogP contribution is -2.11. The fourth-order valence-electron chi connectivity index (χ4n) is 3.87. The van der Waals surface area contributed by atoms with E-state index in [4.69, 9.17) is 21.1 Å². The van der Waals surface area contributed by atoms with Crippen molar-refractivity contribution in [3.05, 3.63) is 60.7 Å². The van der Waals surface area contributed by atoms with Crippen molar-refractivity contribution in [3.63, 3.8) is 0 Å². The van der Waals surface area contributed by atoms with Gasteiger partial charge in [0.15, 0.2) is 5.75 Å². The van der Waals surface area contributed by atoms with Crippen LogP contribution in [0, 0.1) is 0 Å². The quantitative estimate of drug-likeness (QED) is 0.0487. The standard InChI is InChI=1S/C26H26N7O9PS.H3N/c1-3-39-22-14-21(23(40-4-2)13-20(22)30-29-17-6-5-7-18(12-17)33-42-43(35)36)31-32-25-24(44(37,38)41-28)10-15-8-9-16(27)11-19(15)26(25)34;/h5-14,33-34H,3-4,27-28H2,1-2H3;1H3. The molecule has 0 heterocycles. The van der Waals surface area contributed by atoms with Crippen LogP contribution in [-0.2, 0) is 23.6 Å². The molecule has 4 aromatic carbocycles. The van der Waals surface area contributed by atoms with Gasteiger partial charge in [0.1, 0.15) is 33.5 Å². The molecule has 0 fully saturated rings. The van der Waals surface area contributed by atoms with E-state index < -0.39 is 34.7 Å². The highest BCUT2D eigenvalue weighted by Gasteiger charge is 2.25. The molecule has 19 heteroatoms. The Labute approximate surface area is 258 Å². The van der Waals surface area contributed by atoms with E-state index in [-0.39, 0.29) is 47.6 Å². The van der Waals surface area contributed by atoms with E-state index in [1.165, 1.54) is 42.5 Å². The van der Waals surface area contributed by atoms with Crippen LogP contribution >= 0.6 is 8.25 Å². The molecule has 0 aliphatic rings. The first-order valence-corrected chi connectivity index (χ1v) is 15.2. The molecular formula is C26H29N8O9PS. The molecule has 1 unspecified atom stereocenters. The second-order valence-electron chi connectivity index (χ2n) is 8.62. The molecule has 0 aromatic heterocycles. The van der Waals surface area contributed by atoms with Crippen molar-refractivity contribution in [2.45, 2.75) is 18.7 Å². The number of anilines is 2. The highest BCUT2D eigenvalue weighted by atomic mass is 32.2. The summed E-state index contributed by atoms with van der Waals surface area (Å²) >= 11 is 0. The van der Waals surface area contributed by atoms with Gasteiger partial charge in [-0.25, -0.2) is 5.48 Å². The number of benzene rings is 4. The number of hydrogen-bond acceptors (Lipinski definition) is 17. The summed E-state index contributed by atoms with van der Waals surface area (Å²) in [4.78, 5) is 10.1. The zero-order valence-corrected chi connectivity index (χ0v) is 25.6. The normalized spacial score (nSPS) is 12.0. The lowest BCUT2D eigenvalue weighted by molar-refractivity contribution is -0.183. The first-order chi connectivity index (χ1) is 21.1. The molecule has 0 amide bonds. The van der Waals surface area contributed by atoms with Gasteiger partial charge < -0.3 is 31.4 Å². The van der Waals surface area contributed by atoms with Crippen LogP contribution in [0.4, 0.5) is 34.1 Å². The Hall–Kier alpha value is -4.81. The molecule has 0 aliphatic heterocycles. The Morgan fingerprint density at radius 2 is 1.58 bits per heavy atom. The summed E-state index contributed by atoms with van der Waals surface area (Å²) in [6.07, 6.45) is 0. The third kappa shape index (κ3) is 8.43. The molecule has 1 atom stereocenters. The molecule has 0 radical (unpaired) electrons. The summed E-state index contributed by atoms with van der Waals surface area (Å²) in [5, 5.41) is 28.2. The largest absolute Gasteiger partial charge is 0.565 e. The van der Waals surface area contributed by atoms with Crippen molar-refractivity contribution in [1.29, 1.82) is 0 Å². The molecule has 0 saturated heterocycles. The van der Waals surface area contributed by atoms with Crippen LogP contribution in [0.5, 0.6) is 17.2 Å². The Bertz CT molecular complexity index is 1870. The van der Waals surface area contributed by atoms with Crippen LogP contribution in [0.1, 0.15) is 13.8 Å². The van der Waals surface area contributed by atoms with Gasteiger partial charge in [0.25, 0.3) is 0 Å². The Balaban J connectivity index is 0.00000552. The molecule has 17 nitrogen and oxygen atoms in total. The topological polar surface area (TPSA) is 280 Å². The average Bonchev–Trinajstić information content (AvgIpc) is 3.00. The van der Waals surface area contributed by atoms with E-state index >= 15 is 0 Å². The first kappa shape index (κ1) is 34.7. The Morgan fingerprint density at radius 1 is 0.933 bits per heavy atom. The number of fused-ring (bicyclic) bond motifs is 1. The van der Waals surface area contributed by atoms with Crippen molar-refractivity contribution in [2.24, 2.45) is 26.4 Å². The van der Waals surface area contributed by atoms with Crippen molar-refractivity contribution in [3.8, 4) is 17.2 Å². The molecule has 238 valence electrons. The molecule has 9 N–H and O–H groups in total. The number of phenolic OH excluding ortho intramolecular Hbond substituents is 1. The monoisotopic (exact) mass is 660 g/mol. The zero-order chi connectivity index (χ0) is 31.9. The zero-order valence-electron chi connectivity index (χ0n) is 23.9. The molecule has 0 aliphatic carbocycles. The van der Waals surface area contributed by atoms with Gasteiger partial charge in [-0.05, 0) is 64.8 Å². The Morgan fingerprint density at radius 3 is 2.18 bits per heavy atom. The number of azo groups is 2. The number of nitrogens with two attached hydrogens (primary N) is 2. The third-order valence-corrected chi connectivity index (χ3v) is 7.07. The van der Waals surface area contributed by atoms with E-state index in [0.29, 0.717) is 22.4 Å². The molecule has 0 spiro atoms. The average molecular weight is 661 g/mol. The van der Waals surface area contributed by atoms with Crippen molar-refractivity contribution < 1.29 is 41.4 Å². The lowest BCUT2D eigenvalue weighted by Gasteiger charge is -2.13. The van der Waals surface area contributed by atoms with E-state index in [1.54, 1.807) is 32.0 Å². The summed E-state index contributed by atoms with van der Waals surface area (Å²) < 4.78 is 56.0. The van der Waals surface area contributed by atoms with Crippen LogP contribution in [0.2, 0.25) is 0 Å². The molecule has 4 rings (SSSR count). The number of nitrogens with zero attached hydrogens (tertiary/aromatic N) is 4. The molecule has 0 saturated carbocycles. The van der Waals surface area contributed by atoms with Crippen molar-refractivity contribution in [2.75, 3.05) is 24.4 Å². The van der Waals surface area contributed by atoms with E-state index in [1.807, 2.05) is 0 Å². The van der Waals surface area contributed by atoms with E-state index in [0.717, 1.165) is 0 Å².